The van der Waals surface area contributed by atoms with Crippen LogP contribution in [0.2, 0.25) is 5.02 Å². The van der Waals surface area contributed by atoms with Gasteiger partial charge in [-0.15, -0.1) is 0 Å². The predicted octanol–water partition coefficient (Wildman–Crippen LogP) is 4.68. The van der Waals surface area contributed by atoms with Gasteiger partial charge in [0.25, 0.3) is 0 Å². The number of halogens is 2. The fourth-order valence-electron chi connectivity index (χ4n) is 3.56. The molecule has 168 valence electrons. The minimum atomic E-state index is -0.957. The molecule has 1 aromatic carbocycles. The topological polar surface area (TPSA) is 101 Å². The molecular weight excluding hydrogens is 423 g/mol. The Morgan fingerprint density at radius 1 is 1.32 bits per heavy atom. The summed E-state index contributed by atoms with van der Waals surface area (Å²) in [6, 6.07) is 5.04. The van der Waals surface area contributed by atoms with Crippen molar-refractivity contribution in [1.29, 1.82) is 0 Å². The van der Waals surface area contributed by atoms with Crippen LogP contribution in [0.3, 0.4) is 0 Å². The summed E-state index contributed by atoms with van der Waals surface area (Å²) in [5, 5.41) is 9.11. The Hall–Kier alpha value is -2.93. The number of nitrogens with zero attached hydrogens (tertiary/aromatic N) is 1. The highest BCUT2D eigenvalue weighted by atomic mass is 35.5. The second-order valence-electron chi connectivity index (χ2n) is 7.25. The third-order valence-corrected chi connectivity index (χ3v) is 5.19. The first-order valence-electron chi connectivity index (χ1n) is 9.72. The number of carbonyl (C=O) groups is 3. The lowest BCUT2D eigenvalue weighted by Gasteiger charge is -2.26. The third-order valence-electron chi connectivity index (χ3n) is 4.96. The molecule has 0 radical (unpaired) electrons. The van der Waals surface area contributed by atoms with E-state index in [9.17, 15) is 18.8 Å². The second-order valence-corrected chi connectivity index (χ2v) is 7.69. The van der Waals surface area contributed by atoms with E-state index >= 15 is 0 Å². The summed E-state index contributed by atoms with van der Waals surface area (Å²) in [5.74, 6) is -1.61. The Morgan fingerprint density at radius 3 is 2.32 bits per heavy atom. The van der Waals surface area contributed by atoms with E-state index in [0.717, 1.165) is 0 Å². The monoisotopic (exact) mass is 450 g/mol. The molecule has 31 heavy (non-hydrogen) atoms. The molecule has 1 aromatic rings. The summed E-state index contributed by atoms with van der Waals surface area (Å²) in [5.41, 5.74) is 5.95. The minimum Gasteiger partial charge on any atom is -0.509 e. The molecule has 1 heterocycles. The van der Waals surface area contributed by atoms with Crippen molar-refractivity contribution in [2.45, 2.75) is 45.4 Å². The number of anilines is 1. The van der Waals surface area contributed by atoms with Gasteiger partial charge in [-0.2, -0.15) is 0 Å². The van der Waals surface area contributed by atoms with E-state index in [1.54, 1.807) is 25.1 Å². The number of aliphatic hydroxyl groups is 1. The summed E-state index contributed by atoms with van der Waals surface area (Å²) >= 11 is 6.04. The number of nitrogens with two attached hydrogens (primary N) is 1. The van der Waals surface area contributed by atoms with Crippen LogP contribution in [0, 0.1) is 0 Å². The Kier molecular flexibility index (Phi) is 9.19. The SMILES string of the molecule is C=C(O)/C=C(/CC)C(=C)F.CCC1(CC(C)=O)C(=O)N(CC(N)=O)c2ccc(Cl)cc21. The van der Waals surface area contributed by atoms with Gasteiger partial charge in [0.05, 0.1) is 5.41 Å². The maximum Gasteiger partial charge on any atom is 0.238 e. The standard InChI is InChI=1S/C15H17ClN2O3.C8H11FO/c1-3-15(7-9(2)19)11-6-10(16)4-5-12(11)18(14(15)21)8-13(17)20;1-4-8(7(3)9)5-6(2)10/h4-6H,3,7-8H2,1-2H3,(H2,17,20);5,10H,2-4H2,1H3/b;8-5-. The molecule has 0 fully saturated rings. The van der Waals surface area contributed by atoms with Crippen molar-refractivity contribution in [2.75, 3.05) is 11.4 Å². The van der Waals surface area contributed by atoms with Gasteiger partial charge in [-0.25, -0.2) is 4.39 Å². The second kappa shape index (κ2) is 10.9. The molecule has 0 aromatic heterocycles. The van der Waals surface area contributed by atoms with Crippen molar-refractivity contribution >= 4 is 34.9 Å². The maximum atomic E-state index is 12.8. The number of hydrogen-bond donors (Lipinski definition) is 2. The van der Waals surface area contributed by atoms with Crippen molar-refractivity contribution < 1.29 is 23.9 Å². The summed E-state index contributed by atoms with van der Waals surface area (Å²) in [6.07, 6.45) is 2.32. The van der Waals surface area contributed by atoms with E-state index in [0.29, 0.717) is 34.7 Å². The van der Waals surface area contributed by atoms with Gasteiger partial charge in [0, 0.05) is 17.1 Å². The maximum absolute atomic E-state index is 12.8. The quantitative estimate of drug-likeness (QED) is 0.443. The van der Waals surface area contributed by atoms with Crippen LogP contribution >= 0.6 is 11.6 Å². The van der Waals surface area contributed by atoms with Gasteiger partial charge in [-0.05, 0) is 55.2 Å². The number of rotatable bonds is 8. The first kappa shape index (κ1) is 26.1. The molecule has 0 saturated heterocycles. The highest BCUT2D eigenvalue weighted by molar-refractivity contribution is 6.31. The van der Waals surface area contributed by atoms with Crippen molar-refractivity contribution in [2.24, 2.45) is 5.73 Å². The van der Waals surface area contributed by atoms with Crippen LogP contribution in [0.15, 0.2) is 54.6 Å². The normalized spacial score (nSPS) is 17.5. The molecule has 0 saturated carbocycles. The molecular formula is C23H28ClFN2O4. The van der Waals surface area contributed by atoms with E-state index in [4.69, 9.17) is 22.4 Å². The lowest BCUT2D eigenvalue weighted by molar-refractivity contribution is -0.128. The number of primary amides is 1. The molecule has 2 rings (SSSR count). The third kappa shape index (κ3) is 6.28. The summed E-state index contributed by atoms with van der Waals surface area (Å²) in [6.45, 7) is 11.2. The zero-order valence-corrected chi connectivity index (χ0v) is 18.8. The van der Waals surface area contributed by atoms with E-state index in [1.807, 2.05) is 6.92 Å². The molecule has 1 unspecified atom stereocenters. The molecule has 3 N–H and O–H groups in total. The van der Waals surface area contributed by atoms with Gasteiger partial charge in [0.1, 0.15) is 23.9 Å². The van der Waals surface area contributed by atoms with Crippen molar-refractivity contribution in [1.82, 2.24) is 0 Å². The summed E-state index contributed by atoms with van der Waals surface area (Å²) in [4.78, 5) is 37.0. The van der Waals surface area contributed by atoms with Gasteiger partial charge in [0.2, 0.25) is 11.8 Å². The van der Waals surface area contributed by atoms with E-state index < -0.39 is 17.1 Å². The highest BCUT2D eigenvalue weighted by Gasteiger charge is 2.50. The highest BCUT2D eigenvalue weighted by Crippen LogP contribution is 2.47. The average molecular weight is 451 g/mol. The molecule has 1 aliphatic rings. The Morgan fingerprint density at radius 2 is 1.94 bits per heavy atom. The Bertz CT molecular complexity index is 942. The number of allylic oxidation sites excluding steroid dienone is 3. The van der Waals surface area contributed by atoms with Gasteiger partial charge >= 0.3 is 0 Å². The van der Waals surface area contributed by atoms with Crippen molar-refractivity contribution in [3.63, 3.8) is 0 Å². The molecule has 0 bridgehead atoms. The number of amides is 2. The molecule has 2 amide bonds. The summed E-state index contributed by atoms with van der Waals surface area (Å²) in [7, 11) is 0. The molecule has 1 aliphatic heterocycles. The Labute approximate surface area is 186 Å². The van der Waals surface area contributed by atoms with Crippen LogP contribution < -0.4 is 10.6 Å². The average Bonchev–Trinajstić information content (AvgIpc) is 2.87. The van der Waals surface area contributed by atoms with Crippen LogP contribution in [0.4, 0.5) is 10.1 Å². The van der Waals surface area contributed by atoms with Crippen LogP contribution in [-0.4, -0.2) is 29.2 Å². The number of Topliss-reactive ketones (excluding diaryl/α,β-unsaturated/α-hetero) is 1. The van der Waals surface area contributed by atoms with Gasteiger partial charge in [-0.1, -0.05) is 38.6 Å². The van der Waals surface area contributed by atoms with Crippen LogP contribution in [0.5, 0.6) is 0 Å². The number of benzene rings is 1. The molecule has 1 atom stereocenters. The first-order valence-corrected chi connectivity index (χ1v) is 10.1. The van der Waals surface area contributed by atoms with Gasteiger partial charge in [0.15, 0.2) is 0 Å². The van der Waals surface area contributed by atoms with Crippen LogP contribution in [0.25, 0.3) is 0 Å². The lowest BCUT2D eigenvalue weighted by atomic mass is 9.75. The molecule has 0 spiro atoms. The fraction of sp³-hybridized carbons (Fsp3) is 0.348. The van der Waals surface area contributed by atoms with Crippen LogP contribution in [-0.2, 0) is 19.8 Å². The van der Waals surface area contributed by atoms with E-state index in [-0.39, 0.29) is 30.4 Å². The first-order chi connectivity index (χ1) is 14.4. The molecule has 6 nitrogen and oxygen atoms in total. The molecule has 8 heteroatoms. The van der Waals surface area contributed by atoms with Crippen molar-refractivity contribution in [3.8, 4) is 0 Å². The number of hydrogen-bond acceptors (Lipinski definition) is 4. The Balaban J connectivity index is 0.000000407. The van der Waals surface area contributed by atoms with E-state index in [1.165, 1.54) is 17.9 Å². The van der Waals surface area contributed by atoms with E-state index in [2.05, 4.69) is 13.2 Å². The van der Waals surface area contributed by atoms with Gasteiger partial charge in [-0.3, -0.25) is 14.4 Å². The summed E-state index contributed by atoms with van der Waals surface area (Å²) < 4.78 is 12.3. The molecule has 0 aliphatic carbocycles. The lowest BCUT2D eigenvalue weighted by Crippen LogP contribution is -2.44. The van der Waals surface area contributed by atoms with Crippen molar-refractivity contribution in [3.05, 3.63) is 65.2 Å². The minimum absolute atomic E-state index is 0.0861. The number of ketones is 1. The zero-order chi connectivity index (χ0) is 23.9. The fourth-order valence-corrected chi connectivity index (χ4v) is 3.73. The largest absolute Gasteiger partial charge is 0.509 e. The number of aliphatic hydroxyl groups excluding tert-OH is 1. The smallest absolute Gasteiger partial charge is 0.238 e. The van der Waals surface area contributed by atoms with Crippen LogP contribution in [0.1, 0.15) is 45.6 Å². The van der Waals surface area contributed by atoms with Gasteiger partial charge < -0.3 is 15.7 Å². The number of fused-ring (bicyclic) bond motifs is 1. The predicted molar refractivity (Wildman–Crippen MR) is 121 cm³/mol. The number of carbonyl (C=O) groups excluding carboxylic acids is 3. The zero-order valence-electron chi connectivity index (χ0n) is 18.0.